The molecule has 4 atom stereocenters. The van der Waals surface area contributed by atoms with Gasteiger partial charge in [-0.2, -0.15) is 5.10 Å². The van der Waals surface area contributed by atoms with E-state index in [1.54, 1.807) is 12.4 Å². The van der Waals surface area contributed by atoms with Crippen LogP contribution in [0.15, 0.2) is 12.4 Å². The molecule has 2 aromatic rings. The topological polar surface area (TPSA) is 117 Å². The Kier molecular flexibility index (Phi) is 4.44. The van der Waals surface area contributed by atoms with E-state index < -0.39 is 24.5 Å². The van der Waals surface area contributed by atoms with Crippen molar-refractivity contribution < 1.29 is 20.1 Å². The van der Waals surface area contributed by atoms with Gasteiger partial charge in [0.2, 0.25) is 5.95 Å². The van der Waals surface area contributed by atoms with Gasteiger partial charge in [-0.05, 0) is 13.8 Å². The average Bonchev–Trinajstić information content (AvgIpc) is 3.10. The second-order valence-electron chi connectivity index (χ2n) is 5.43. The van der Waals surface area contributed by atoms with Crippen molar-refractivity contribution in [2.24, 2.45) is 0 Å². The Morgan fingerprint density at radius 1 is 1.22 bits per heavy atom. The molecule has 1 fully saturated rings. The molecule has 1 aliphatic heterocycles. The number of hydrogen-bond donors (Lipinski definition) is 3. The van der Waals surface area contributed by atoms with Gasteiger partial charge in [-0.3, -0.25) is 0 Å². The minimum Gasteiger partial charge on any atom is -0.394 e. The zero-order chi connectivity index (χ0) is 16.6. The summed E-state index contributed by atoms with van der Waals surface area (Å²) in [6.45, 7) is 5.27. The maximum Gasteiger partial charge on any atom is 0.226 e. The number of rotatable bonds is 5. The van der Waals surface area contributed by atoms with Crippen LogP contribution in [0.5, 0.6) is 0 Å². The van der Waals surface area contributed by atoms with Crippen molar-refractivity contribution in [2.75, 3.05) is 24.6 Å². The van der Waals surface area contributed by atoms with Gasteiger partial charge < -0.3 is 25.0 Å². The van der Waals surface area contributed by atoms with Crippen molar-refractivity contribution in [1.82, 2.24) is 19.7 Å². The van der Waals surface area contributed by atoms with E-state index in [2.05, 4.69) is 15.1 Å². The first-order valence-electron chi connectivity index (χ1n) is 7.68. The maximum atomic E-state index is 10.1. The molecule has 0 spiro atoms. The summed E-state index contributed by atoms with van der Waals surface area (Å²) in [6, 6.07) is 0. The third kappa shape index (κ3) is 2.65. The van der Waals surface area contributed by atoms with Gasteiger partial charge in [-0.25, -0.2) is 14.6 Å². The predicted molar refractivity (Wildman–Crippen MR) is 81.9 cm³/mol. The van der Waals surface area contributed by atoms with Crippen LogP contribution in [0, 0.1) is 0 Å². The first-order valence-corrected chi connectivity index (χ1v) is 7.68. The summed E-state index contributed by atoms with van der Waals surface area (Å²) in [6.07, 6.45) is -0.887. The number of anilines is 1. The fourth-order valence-electron chi connectivity index (χ4n) is 2.77. The van der Waals surface area contributed by atoms with Gasteiger partial charge in [0.15, 0.2) is 6.23 Å². The molecular weight excluding hydrogens is 302 g/mol. The molecule has 0 saturated carbocycles. The molecule has 1 saturated heterocycles. The Balaban J connectivity index is 1.94. The molecule has 3 N–H and O–H groups in total. The first kappa shape index (κ1) is 16.1. The van der Waals surface area contributed by atoms with Gasteiger partial charge in [-0.15, -0.1) is 0 Å². The van der Waals surface area contributed by atoms with Gasteiger partial charge in [0.05, 0.1) is 19.0 Å². The van der Waals surface area contributed by atoms with Crippen LogP contribution in [-0.4, -0.2) is 73.1 Å². The summed E-state index contributed by atoms with van der Waals surface area (Å²) in [7, 11) is 0. The fraction of sp³-hybridized carbons (Fsp3) is 0.643. The van der Waals surface area contributed by atoms with E-state index in [4.69, 9.17) is 4.74 Å². The van der Waals surface area contributed by atoms with E-state index in [1.807, 2.05) is 18.7 Å². The summed E-state index contributed by atoms with van der Waals surface area (Å²) < 4.78 is 6.93. The third-order valence-corrected chi connectivity index (χ3v) is 4.14. The monoisotopic (exact) mass is 323 g/mol. The molecule has 1 aliphatic rings. The van der Waals surface area contributed by atoms with Crippen LogP contribution >= 0.6 is 0 Å². The van der Waals surface area contributed by atoms with E-state index in [0.29, 0.717) is 17.0 Å². The molecule has 3 heterocycles. The van der Waals surface area contributed by atoms with Crippen LogP contribution < -0.4 is 4.90 Å². The smallest absolute Gasteiger partial charge is 0.226 e. The van der Waals surface area contributed by atoms with Crippen molar-refractivity contribution in [2.45, 2.75) is 38.4 Å². The molecule has 0 amide bonds. The third-order valence-electron chi connectivity index (χ3n) is 4.14. The number of aromatic nitrogens is 4. The number of aliphatic hydroxyl groups excluding tert-OH is 3. The van der Waals surface area contributed by atoms with Crippen LogP contribution in [0.4, 0.5) is 5.95 Å². The molecule has 23 heavy (non-hydrogen) atoms. The van der Waals surface area contributed by atoms with Crippen LogP contribution in [0.3, 0.4) is 0 Å². The van der Waals surface area contributed by atoms with Crippen LogP contribution in [0.1, 0.15) is 20.1 Å². The molecule has 0 radical (unpaired) electrons. The highest BCUT2D eigenvalue weighted by atomic mass is 16.6. The minimum atomic E-state index is -1.18. The highest BCUT2D eigenvalue weighted by Gasteiger charge is 2.44. The van der Waals surface area contributed by atoms with Crippen molar-refractivity contribution in [3.8, 4) is 0 Å². The Morgan fingerprint density at radius 3 is 2.57 bits per heavy atom. The molecule has 0 bridgehead atoms. The van der Waals surface area contributed by atoms with Crippen LogP contribution in [0.25, 0.3) is 11.0 Å². The van der Waals surface area contributed by atoms with E-state index >= 15 is 0 Å². The Labute approximate surface area is 133 Å². The minimum absolute atomic E-state index is 0.378. The quantitative estimate of drug-likeness (QED) is 0.660. The summed E-state index contributed by atoms with van der Waals surface area (Å²) in [5, 5.41) is 33.4. The lowest BCUT2D eigenvalue weighted by atomic mass is 10.1. The second-order valence-corrected chi connectivity index (χ2v) is 5.43. The van der Waals surface area contributed by atoms with Gasteiger partial charge in [0.25, 0.3) is 0 Å². The fourth-order valence-corrected chi connectivity index (χ4v) is 2.77. The van der Waals surface area contributed by atoms with Gasteiger partial charge in [0.1, 0.15) is 29.3 Å². The molecule has 3 rings (SSSR count). The number of ether oxygens (including phenoxy) is 1. The first-order chi connectivity index (χ1) is 11.1. The molecule has 0 aromatic carbocycles. The molecule has 126 valence electrons. The van der Waals surface area contributed by atoms with E-state index in [1.165, 1.54) is 4.68 Å². The van der Waals surface area contributed by atoms with Gasteiger partial charge >= 0.3 is 0 Å². The SMILES string of the molecule is CCN(CC)c1ncc2c(cnn2[C@@H]2O[C@H](CO)[C@H](O)[C@H]2O)n1. The zero-order valence-electron chi connectivity index (χ0n) is 13.1. The highest BCUT2D eigenvalue weighted by Crippen LogP contribution is 2.31. The van der Waals surface area contributed by atoms with E-state index in [-0.39, 0.29) is 6.61 Å². The van der Waals surface area contributed by atoms with Crippen LogP contribution in [0.2, 0.25) is 0 Å². The van der Waals surface area contributed by atoms with Crippen molar-refractivity contribution in [3.63, 3.8) is 0 Å². The van der Waals surface area contributed by atoms with Crippen LogP contribution in [-0.2, 0) is 4.74 Å². The molecule has 0 aliphatic carbocycles. The van der Waals surface area contributed by atoms with E-state index in [0.717, 1.165) is 13.1 Å². The predicted octanol–water partition coefficient (Wildman–Crippen LogP) is -0.716. The summed E-state index contributed by atoms with van der Waals surface area (Å²) in [5.41, 5.74) is 1.22. The molecule has 9 heteroatoms. The highest BCUT2D eigenvalue weighted by molar-refractivity contribution is 5.74. The summed E-state index contributed by atoms with van der Waals surface area (Å²) >= 11 is 0. The van der Waals surface area contributed by atoms with Gasteiger partial charge in [-0.1, -0.05) is 0 Å². The number of nitrogens with zero attached hydrogens (tertiary/aromatic N) is 5. The van der Waals surface area contributed by atoms with Crippen molar-refractivity contribution >= 4 is 17.0 Å². The second kappa shape index (κ2) is 6.36. The average molecular weight is 323 g/mol. The molecular formula is C14H21N5O4. The lowest BCUT2D eigenvalue weighted by molar-refractivity contribution is -0.0564. The number of aliphatic hydroxyl groups is 3. The zero-order valence-corrected chi connectivity index (χ0v) is 13.1. The molecule has 2 aromatic heterocycles. The number of fused-ring (bicyclic) bond motifs is 1. The summed E-state index contributed by atoms with van der Waals surface area (Å²) in [4.78, 5) is 10.8. The number of hydrogen-bond acceptors (Lipinski definition) is 8. The standard InChI is InChI=1S/C14H21N5O4/c1-3-18(4-2)14-15-6-9-8(17-14)5-16-19(9)13-12(22)11(21)10(7-20)23-13/h5-6,10-13,20-22H,3-4,7H2,1-2H3/t10-,11+,12-,13-/m1/s1. The van der Waals surface area contributed by atoms with Gasteiger partial charge in [0, 0.05) is 13.1 Å². The lowest BCUT2D eigenvalue weighted by Crippen LogP contribution is -2.33. The summed E-state index contributed by atoms with van der Waals surface area (Å²) in [5.74, 6) is 0.614. The Bertz CT molecular complexity index is 674. The maximum absolute atomic E-state index is 10.1. The molecule has 0 unspecified atom stereocenters. The van der Waals surface area contributed by atoms with Crippen molar-refractivity contribution in [1.29, 1.82) is 0 Å². The molecule has 9 nitrogen and oxygen atoms in total. The van der Waals surface area contributed by atoms with E-state index in [9.17, 15) is 15.3 Å². The Morgan fingerprint density at radius 2 is 1.96 bits per heavy atom. The largest absolute Gasteiger partial charge is 0.394 e. The van der Waals surface area contributed by atoms with Crippen molar-refractivity contribution in [3.05, 3.63) is 12.4 Å². The normalized spacial score (nSPS) is 27.7. The lowest BCUT2D eigenvalue weighted by Gasteiger charge is -2.18. The Hall–Kier alpha value is -1.81.